The molecule has 0 radical (unpaired) electrons. The first-order valence-corrected chi connectivity index (χ1v) is 8.30. The maximum Gasteiger partial charge on any atom is 0.0466 e. The third kappa shape index (κ3) is 3.22. The summed E-state index contributed by atoms with van der Waals surface area (Å²) in [5.74, 6) is 0. The maximum absolute atomic E-state index is 3.83. The molecule has 0 heterocycles. The zero-order chi connectivity index (χ0) is 13.7. The Morgan fingerprint density at radius 2 is 1.89 bits per heavy atom. The minimum Gasteiger partial charge on any atom is -0.309 e. The molecule has 1 fully saturated rings. The number of rotatable bonds is 5. The fourth-order valence-electron chi connectivity index (χ4n) is 4.15. The molecule has 0 aliphatic heterocycles. The highest BCUT2D eigenvalue weighted by Crippen LogP contribution is 2.39. The molecule has 1 saturated carbocycles. The van der Waals surface area contributed by atoms with Crippen LogP contribution in [0.3, 0.4) is 0 Å². The molecule has 0 saturated heterocycles. The fourth-order valence-corrected chi connectivity index (χ4v) is 4.15. The van der Waals surface area contributed by atoms with Crippen molar-refractivity contribution >= 4 is 0 Å². The summed E-state index contributed by atoms with van der Waals surface area (Å²) in [5.41, 5.74) is 2.06. The first-order valence-electron chi connectivity index (χ1n) is 8.30. The first-order chi connectivity index (χ1) is 9.20. The SMILES string of the molecule is CCNC(C1=CCCCC1)C1(N(C)C)CCCCC1. The van der Waals surface area contributed by atoms with E-state index in [-0.39, 0.29) is 0 Å². The van der Waals surface area contributed by atoms with Crippen molar-refractivity contribution in [1.29, 1.82) is 0 Å². The van der Waals surface area contributed by atoms with Gasteiger partial charge in [-0.2, -0.15) is 0 Å². The van der Waals surface area contributed by atoms with Crippen LogP contribution in [0.25, 0.3) is 0 Å². The molecule has 0 amide bonds. The van der Waals surface area contributed by atoms with Crippen LogP contribution >= 0.6 is 0 Å². The number of likely N-dealkylation sites (N-methyl/N-ethyl adjacent to an activating group) is 2. The third-order valence-corrected chi connectivity index (χ3v) is 5.25. The van der Waals surface area contributed by atoms with E-state index in [2.05, 4.69) is 37.3 Å². The lowest BCUT2D eigenvalue weighted by Gasteiger charge is -2.50. The minimum atomic E-state index is 0.359. The summed E-state index contributed by atoms with van der Waals surface area (Å²) in [6.07, 6.45) is 14.8. The van der Waals surface area contributed by atoms with E-state index < -0.39 is 0 Å². The van der Waals surface area contributed by atoms with Gasteiger partial charge in [0.2, 0.25) is 0 Å². The molecule has 0 aromatic heterocycles. The zero-order valence-corrected chi connectivity index (χ0v) is 13.2. The van der Waals surface area contributed by atoms with E-state index >= 15 is 0 Å². The topological polar surface area (TPSA) is 15.3 Å². The molecule has 2 nitrogen and oxygen atoms in total. The average Bonchev–Trinajstić information content (AvgIpc) is 2.46. The van der Waals surface area contributed by atoms with Crippen molar-refractivity contribution in [2.75, 3.05) is 20.6 Å². The van der Waals surface area contributed by atoms with Crippen molar-refractivity contribution in [3.63, 3.8) is 0 Å². The largest absolute Gasteiger partial charge is 0.309 e. The number of hydrogen-bond donors (Lipinski definition) is 1. The van der Waals surface area contributed by atoms with Crippen molar-refractivity contribution in [3.05, 3.63) is 11.6 Å². The molecule has 19 heavy (non-hydrogen) atoms. The van der Waals surface area contributed by atoms with Crippen molar-refractivity contribution in [2.24, 2.45) is 0 Å². The van der Waals surface area contributed by atoms with Gasteiger partial charge in [0.25, 0.3) is 0 Å². The zero-order valence-electron chi connectivity index (χ0n) is 13.2. The van der Waals surface area contributed by atoms with Gasteiger partial charge in [-0.1, -0.05) is 37.8 Å². The van der Waals surface area contributed by atoms with Crippen molar-refractivity contribution in [2.45, 2.75) is 76.3 Å². The first kappa shape index (κ1) is 15.1. The standard InChI is InChI=1S/C17H32N2/c1-4-18-16(15-11-7-5-8-12-15)17(19(2)3)13-9-6-10-14-17/h11,16,18H,4-10,12-14H2,1-3H3. The van der Waals surface area contributed by atoms with Gasteiger partial charge in [-0.05, 0) is 59.2 Å². The van der Waals surface area contributed by atoms with Crippen LogP contribution in [0.15, 0.2) is 11.6 Å². The third-order valence-electron chi connectivity index (χ3n) is 5.25. The lowest BCUT2D eigenvalue weighted by molar-refractivity contribution is 0.0686. The quantitative estimate of drug-likeness (QED) is 0.761. The lowest BCUT2D eigenvalue weighted by atomic mass is 9.71. The smallest absolute Gasteiger partial charge is 0.0466 e. The highest BCUT2D eigenvalue weighted by Gasteiger charge is 2.42. The Balaban J connectivity index is 2.25. The van der Waals surface area contributed by atoms with Gasteiger partial charge < -0.3 is 10.2 Å². The molecule has 2 aliphatic rings. The van der Waals surface area contributed by atoms with Gasteiger partial charge in [-0.3, -0.25) is 0 Å². The van der Waals surface area contributed by atoms with E-state index in [0.29, 0.717) is 11.6 Å². The predicted molar refractivity (Wildman–Crippen MR) is 83.5 cm³/mol. The maximum atomic E-state index is 3.83. The van der Waals surface area contributed by atoms with E-state index in [1.165, 1.54) is 57.8 Å². The Bertz CT molecular complexity index is 300. The van der Waals surface area contributed by atoms with Gasteiger partial charge in [0.1, 0.15) is 0 Å². The van der Waals surface area contributed by atoms with Gasteiger partial charge in [0.15, 0.2) is 0 Å². The van der Waals surface area contributed by atoms with Crippen LogP contribution in [0.5, 0.6) is 0 Å². The van der Waals surface area contributed by atoms with Crippen molar-refractivity contribution < 1.29 is 0 Å². The van der Waals surface area contributed by atoms with E-state index in [1.807, 2.05) is 0 Å². The number of allylic oxidation sites excluding steroid dienone is 1. The monoisotopic (exact) mass is 264 g/mol. The molecule has 1 unspecified atom stereocenters. The Hall–Kier alpha value is -0.340. The second-order valence-electron chi connectivity index (χ2n) is 6.57. The van der Waals surface area contributed by atoms with Gasteiger partial charge in [0.05, 0.1) is 0 Å². The Morgan fingerprint density at radius 1 is 1.16 bits per heavy atom. The van der Waals surface area contributed by atoms with Crippen LogP contribution in [0.4, 0.5) is 0 Å². The van der Waals surface area contributed by atoms with E-state index in [4.69, 9.17) is 0 Å². The number of nitrogens with one attached hydrogen (secondary N) is 1. The molecule has 2 heteroatoms. The summed E-state index contributed by atoms with van der Waals surface area (Å²) in [6.45, 7) is 3.33. The highest BCUT2D eigenvalue weighted by molar-refractivity contribution is 5.21. The number of nitrogens with zero attached hydrogens (tertiary/aromatic N) is 1. The van der Waals surface area contributed by atoms with Crippen LogP contribution in [0.2, 0.25) is 0 Å². The van der Waals surface area contributed by atoms with Crippen LogP contribution in [-0.4, -0.2) is 37.1 Å². The van der Waals surface area contributed by atoms with Gasteiger partial charge in [-0.15, -0.1) is 0 Å². The summed E-state index contributed by atoms with van der Waals surface area (Å²) in [7, 11) is 4.58. The highest BCUT2D eigenvalue weighted by atomic mass is 15.2. The van der Waals surface area contributed by atoms with E-state index in [1.54, 1.807) is 5.57 Å². The normalized spacial score (nSPS) is 25.2. The fraction of sp³-hybridized carbons (Fsp3) is 0.882. The molecular formula is C17H32N2. The molecule has 2 aliphatic carbocycles. The summed E-state index contributed by atoms with van der Waals surface area (Å²) >= 11 is 0. The van der Waals surface area contributed by atoms with Crippen molar-refractivity contribution in [1.82, 2.24) is 10.2 Å². The minimum absolute atomic E-state index is 0.359. The molecule has 1 atom stereocenters. The van der Waals surface area contributed by atoms with Crippen LogP contribution in [0.1, 0.15) is 64.7 Å². The lowest BCUT2D eigenvalue weighted by Crippen LogP contribution is -2.60. The molecule has 1 N–H and O–H groups in total. The summed E-state index contributed by atoms with van der Waals surface area (Å²) in [6, 6.07) is 0.577. The predicted octanol–water partition coefficient (Wildman–Crippen LogP) is 3.73. The molecule has 110 valence electrons. The van der Waals surface area contributed by atoms with Crippen LogP contribution in [0, 0.1) is 0 Å². The summed E-state index contributed by atoms with van der Waals surface area (Å²) in [5, 5.41) is 3.83. The van der Waals surface area contributed by atoms with Crippen LogP contribution < -0.4 is 5.32 Å². The van der Waals surface area contributed by atoms with E-state index in [9.17, 15) is 0 Å². The molecular weight excluding hydrogens is 232 g/mol. The molecule has 2 rings (SSSR count). The Labute approximate surface area is 119 Å². The molecule has 0 spiro atoms. The number of hydrogen-bond acceptors (Lipinski definition) is 2. The summed E-state index contributed by atoms with van der Waals surface area (Å²) < 4.78 is 0. The van der Waals surface area contributed by atoms with Gasteiger partial charge in [0, 0.05) is 11.6 Å². The Morgan fingerprint density at radius 3 is 2.42 bits per heavy atom. The summed E-state index contributed by atoms with van der Waals surface area (Å²) in [4.78, 5) is 2.52. The molecule has 0 aromatic rings. The van der Waals surface area contributed by atoms with Crippen LogP contribution in [-0.2, 0) is 0 Å². The second-order valence-corrected chi connectivity index (χ2v) is 6.57. The molecule has 0 aromatic carbocycles. The molecule has 0 bridgehead atoms. The van der Waals surface area contributed by atoms with Gasteiger partial charge in [-0.25, -0.2) is 0 Å². The van der Waals surface area contributed by atoms with Crippen molar-refractivity contribution in [3.8, 4) is 0 Å². The van der Waals surface area contributed by atoms with Gasteiger partial charge >= 0.3 is 0 Å². The Kier molecular flexibility index (Phi) is 5.47. The second kappa shape index (κ2) is 6.90. The van der Waals surface area contributed by atoms with E-state index in [0.717, 1.165) is 6.54 Å². The average molecular weight is 264 g/mol.